The van der Waals surface area contributed by atoms with Crippen molar-refractivity contribution >= 4 is 23.2 Å². The molecule has 2 aromatic rings. The molecule has 30 heavy (non-hydrogen) atoms. The second-order valence-electron chi connectivity index (χ2n) is 8.57. The Balaban J connectivity index is 1.61. The molecule has 2 aliphatic rings. The van der Waals surface area contributed by atoms with Gasteiger partial charge in [0, 0.05) is 43.1 Å². The van der Waals surface area contributed by atoms with Crippen molar-refractivity contribution in [3.8, 4) is 0 Å². The smallest absolute Gasteiger partial charge is 0.256 e. The van der Waals surface area contributed by atoms with Crippen molar-refractivity contribution in [3.05, 3.63) is 59.7 Å². The number of nitrogens with one attached hydrogen (secondary N) is 1. The fourth-order valence-corrected chi connectivity index (χ4v) is 4.37. The lowest BCUT2D eigenvalue weighted by atomic mass is 9.98. The van der Waals surface area contributed by atoms with Crippen LogP contribution >= 0.6 is 0 Å². The maximum Gasteiger partial charge on any atom is 0.256 e. The highest BCUT2D eigenvalue weighted by Crippen LogP contribution is 2.30. The number of carbonyl (C=O) groups is 2. The number of nitrogens with zero attached hydrogens (tertiary/aromatic N) is 2. The predicted octanol–water partition coefficient (Wildman–Crippen LogP) is 4.80. The van der Waals surface area contributed by atoms with Crippen LogP contribution in [0.2, 0.25) is 0 Å². The van der Waals surface area contributed by atoms with Gasteiger partial charge in [-0.1, -0.05) is 25.1 Å². The van der Waals surface area contributed by atoms with Crippen molar-refractivity contribution in [3.63, 3.8) is 0 Å². The lowest BCUT2D eigenvalue weighted by molar-refractivity contribution is 0.0697. The van der Waals surface area contributed by atoms with Gasteiger partial charge in [-0.05, 0) is 68.4 Å². The van der Waals surface area contributed by atoms with Gasteiger partial charge in [-0.2, -0.15) is 0 Å². The van der Waals surface area contributed by atoms with E-state index in [4.69, 9.17) is 0 Å². The fraction of sp³-hybridized carbons (Fsp3) is 0.440. The number of likely N-dealkylation sites (tertiary alicyclic amines) is 1. The van der Waals surface area contributed by atoms with Crippen LogP contribution in [0.1, 0.15) is 59.7 Å². The molecule has 5 heteroatoms. The number of rotatable bonds is 4. The van der Waals surface area contributed by atoms with E-state index in [-0.39, 0.29) is 11.8 Å². The molecule has 0 aromatic heterocycles. The zero-order chi connectivity index (χ0) is 20.9. The third-order valence-corrected chi connectivity index (χ3v) is 6.29. The average Bonchev–Trinajstić information content (AvgIpc) is 2.80. The third kappa shape index (κ3) is 4.66. The maximum absolute atomic E-state index is 13.5. The molecule has 0 unspecified atom stereocenters. The average molecular weight is 406 g/mol. The van der Waals surface area contributed by atoms with E-state index in [0.29, 0.717) is 22.7 Å². The van der Waals surface area contributed by atoms with Crippen LogP contribution < -0.4 is 10.2 Å². The molecular weight excluding hydrogens is 374 g/mol. The highest BCUT2D eigenvalue weighted by Gasteiger charge is 2.26. The summed E-state index contributed by atoms with van der Waals surface area (Å²) in [6.45, 7) is 5.82. The number of piperidine rings is 2. The van der Waals surface area contributed by atoms with Gasteiger partial charge in [0.1, 0.15) is 0 Å². The first-order valence-corrected chi connectivity index (χ1v) is 11.2. The normalized spacial score (nSPS) is 17.6. The Morgan fingerprint density at radius 2 is 1.60 bits per heavy atom. The van der Waals surface area contributed by atoms with Gasteiger partial charge in [0.2, 0.25) is 0 Å². The molecule has 0 aliphatic carbocycles. The van der Waals surface area contributed by atoms with Crippen LogP contribution in [0, 0.1) is 5.92 Å². The lowest BCUT2D eigenvalue weighted by Crippen LogP contribution is -2.39. The third-order valence-electron chi connectivity index (χ3n) is 6.29. The van der Waals surface area contributed by atoms with E-state index in [1.807, 2.05) is 41.3 Å². The van der Waals surface area contributed by atoms with E-state index in [1.165, 1.54) is 6.42 Å². The van der Waals surface area contributed by atoms with Crippen LogP contribution in [0.4, 0.5) is 11.4 Å². The van der Waals surface area contributed by atoms with Crippen LogP contribution in [-0.2, 0) is 0 Å². The molecule has 2 fully saturated rings. The predicted molar refractivity (Wildman–Crippen MR) is 121 cm³/mol. The minimum atomic E-state index is -0.161. The Labute approximate surface area is 179 Å². The fourth-order valence-electron chi connectivity index (χ4n) is 4.37. The lowest BCUT2D eigenvalue weighted by Gasteiger charge is -2.34. The number of anilines is 2. The van der Waals surface area contributed by atoms with Crippen molar-refractivity contribution in [1.82, 2.24) is 4.90 Å². The van der Waals surface area contributed by atoms with Crippen LogP contribution in [0.3, 0.4) is 0 Å². The summed E-state index contributed by atoms with van der Waals surface area (Å²) in [7, 11) is 0. The number of hydrogen-bond donors (Lipinski definition) is 1. The van der Waals surface area contributed by atoms with Crippen LogP contribution in [0.25, 0.3) is 0 Å². The SMILES string of the molecule is CC1CCN(C(=O)c2cc(NC(=O)c3ccccc3)ccc2N2CCCCC2)CC1. The van der Waals surface area contributed by atoms with Crippen molar-refractivity contribution < 1.29 is 9.59 Å². The molecule has 4 rings (SSSR count). The van der Waals surface area contributed by atoms with Crippen LogP contribution in [0.5, 0.6) is 0 Å². The summed E-state index contributed by atoms with van der Waals surface area (Å²) in [5, 5.41) is 2.97. The largest absolute Gasteiger partial charge is 0.371 e. The molecule has 2 aromatic carbocycles. The molecule has 5 nitrogen and oxygen atoms in total. The summed E-state index contributed by atoms with van der Waals surface area (Å²) in [4.78, 5) is 30.4. The zero-order valence-corrected chi connectivity index (χ0v) is 17.8. The molecule has 0 spiro atoms. The Bertz CT molecular complexity index is 883. The molecule has 0 bridgehead atoms. The number of carbonyl (C=O) groups excluding carboxylic acids is 2. The number of benzene rings is 2. The number of amides is 2. The summed E-state index contributed by atoms with van der Waals surface area (Å²) in [5.41, 5.74) is 2.97. The Kier molecular flexibility index (Phi) is 6.36. The molecule has 2 aliphatic heterocycles. The quantitative estimate of drug-likeness (QED) is 0.795. The van der Waals surface area contributed by atoms with Gasteiger partial charge in [0.05, 0.1) is 5.56 Å². The van der Waals surface area contributed by atoms with Crippen molar-refractivity contribution in [2.75, 3.05) is 36.4 Å². The van der Waals surface area contributed by atoms with Gasteiger partial charge in [-0.15, -0.1) is 0 Å². The van der Waals surface area contributed by atoms with E-state index in [9.17, 15) is 9.59 Å². The van der Waals surface area contributed by atoms with Crippen LogP contribution in [0.15, 0.2) is 48.5 Å². The molecule has 1 N–H and O–H groups in total. The topological polar surface area (TPSA) is 52.7 Å². The molecule has 0 radical (unpaired) electrons. The first kappa shape index (κ1) is 20.5. The molecular formula is C25H31N3O2. The van der Waals surface area contributed by atoms with E-state index in [0.717, 1.165) is 57.5 Å². The van der Waals surface area contributed by atoms with Gasteiger partial charge < -0.3 is 15.1 Å². The summed E-state index contributed by atoms with van der Waals surface area (Å²) < 4.78 is 0. The van der Waals surface area contributed by atoms with Crippen molar-refractivity contribution in [2.45, 2.75) is 39.0 Å². The molecule has 158 valence electrons. The first-order valence-electron chi connectivity index (χ1n) is 11.2. The number of hydrogen-bond acceptors (Lipinski definition) is 3. The standard InChI is InChI=1S/C25H31N3O2/c1-19-12-16-28(17-13-19)25(30)22-18-21(26-24(29)20-8-4-2-5-9-20)10-11-23(22)27-14-6-3-7-15-27/h2,4-5,8-11,18-19H,3,6-7,12-17H2,1H3,(H,26,29). The monoisotopic (exact) mass is 405 g/mol. The van der Waals surface area contributed by atoms with Gasteiger partial charge in [0.25, 0.3) is 11.8 Å². The highest BCUT2D eigenvalue weighted by atomic mass is 16.2. The van der Waals surface area contributed by atoms with E-state index >= 15 is 0 Å². The van der Waals surface area contributed by atoms with Crippen LogP contribution in [-0.4, -0.2) is 42.9 Å². The minimum Gasteiger partial charge on any atom is -0.371 e. The molecule has 2 heterocycles. The van der Waals surface area contributed by atoms with Gasteiger partial charge in [-0.25, -0.2) is 0 Å². The summed E-state index contributed by atoms with van der Waals surface area (Å²) in [6.07, 6.45) is 5.65. The Morgan fingerprint density at radius 1 is 0.900 bits per heavy atom. The van der Waals surface area contributed by atoms with Crippen molar-refractivity contribution in [1.29, 1.82) is 0 Å². The summed E-state index contributed by atoms with van der Waals surface area (Å²) in [6, 6.07) is 15.0. The van der Waals surface area contributed by atoms with E-state index < -0.39 is 0 Å². The first-order chi connectivity index (χ1) is 14.6. The minimum absolute atomic E-state index is 0.0817. The zero-order valence-electron chi connectivity index (χ0n) is 17.8. The van der Waals surface area contributed by atoms with Gasteiger partial charge in [0.15, 0.2) is 0 Å². The molecule has 0 saturated carbocycles. The van der Waals surface area contributed by atoms with E-state index in [1.54, 1.807) is 12.1 Å². The maximum atomic E-state index is 13.5. The Hall–Kier alpha value is -2.82. The van der Waals surface area contributed by atoms with Gasteiger partial charge >= 0.3 is 0 Å². The second kappa shape index (κ2) is 9.33. The van der Waals surface area contributed by atoms with E-state index in [2.05, 4.69) is 17.1 Å². The molecule has 2 amide bonds. The summed E-state index contributed by atoms with van der Waals surface area (Å²) >= 11 is 0. The molecule has 2 saturated heterocycles. The second-order valence-corrected chi connectivity index (χ2v) is 8.57. The van der Waals surface area contributed by atoms with Gasteiger partial charge in [-0.3, -0.25) is 9.59 Å². The van der Waals surface area contributed by atoms with Crippen molar-refractivity contribution in [2.24, 2.45) is 5.92 Å². The molecule has 0 atom stereocenters. The Morgan fingerprint density at radius 3 is 2.30 bits per heavy atom. The highest BCUT2D eigenvalue weighted by molar-refractivity contribution is 6.06. The summed E-state index contributed by atoms with van der Waals surface area (Å²) in [5.74, 6) is 0.594.